The molecule has 1 N–H and O–H groups in total. The summed E-state index contributed by atoms with van der Waals surface area (Å²) in [6.07, 6.45) is 1.64. The van der Waals surface area contributed by atoms with E-state index in [9.17, 15) is 17.6 Å². The van der Waals surface area contributed by atoms with E-state index in [4.69, 9.17) is 4.74 Å². The SMILES string of the molecule is C=CS(=O)(=O)Nc1ccc(Oc2ccccc2F)c(-c2cn(C)c(=O)c3ccccc23)c1. The Morgan fingerprint density at radius 1 is 0.969 bits per heavy atom. The van der Waals surface area contributed by atoms with Gasteiger partial charge in [-0.05, 0) is 41.8 Å². The molecule has 0 amide bonds. The minimum Gasteiger partial charge on any atom is -0.454 e. The molecule has 0 spiro atoms. The van der Waals surface area contributed by atoms with E-state index >= 15 is 0 Å². The molecule has 0 aliphatic carbocycles. The minimum absolute atomic E-state index is 0.0160. The second kappa shape index (κ2) is 8.32. The number of fused-ring (bicyclic) bond motifs is 1. The number of halogens is 1. The van der Waals surface area contributed by atoms with Gasteiger partial charge in [0, 0.05) is 40.9 Å². The van der Waals surface area contributed by atoms with Gasteiger partial charge in [-0.3, -0.25) is 9.52 Å². The summed E-state index contributed by atoms with van der Waals surface area (Å²) in [5, 5.41) is 1.94. The molecule has 0 saturated heterocycles. The van der Waals surface area contributed by atoms with E-state index < -0.39 is 15.8 Å². The number of pyridine rings is 1. The van der Waals surface area contributed by atoms with E-state index in [2.05, 4.69) is 11.3 Å². The van der Waals surface area contributed by atoms with Crippen molar-refractivity contribution in [3.8, 4) is 22.6 Å². The van der Waals surface area contributed by atoms with Crippen LogP contribution in [0.5, 0.6) is 11.5 Å². The van der Waals surface area contributed by atoms with Crippen molar-refractivity contribution in [2.45, 2.75) is 0 Å². The molecule has 0 aliphatic rings. The number of hydrogen-bond donors (Lipinski definition) is 1. The molecule has 6 nitrogen and oxygen atoms in total. The van der Waals surface area contributed by atoms with Gasteiger partial charge in [0.2, 0.25) is 0 Å². The summed E-state index contributed by atoms with van der Waals surface area (Å²) in [6.45, 7) is 3.30. The van der Waals surface area contributed by atoms with Crippen molar-refractivity contribution >= 4 is 26.5 Å². The number of para-hydroxylation sites is 1. The van der Waals surface area contributed by atoms with Crippen LogP contribution in [0.1, 0.15) is 0 Å². The Bertz CT molecular complexity index is 1510. The lowest BCUT2D eigenvalue weighted by Crippen LogP contribution is -2.16. The molecule has 0 atom stereocenters. The first kappa shape index (κ1) is 21.3. The number of aryl methyl sites for hydroxylation is 1. The van der Waals surface area contributed by atoms with E-state index in [0.29, 0.717) is 27.6 Å². The molecule has 1 heterocycles. The number of benzene rings is 3. The molecule has 1 aromatic heterocycles. The molecule has 0 aliphatic heterocycles. The molecule has 162 valence electrons. The smallest absolute Gasteiger partial charge is 0.258 e. The van der Waals surface area contributed by atoms with Crippen LogP contribution in [0.2, 0.25) is 0 Å². The van der Waals surface area contributed by atoms with E-state index in [1.807, 2.05) is 0 Å². The molecular weight excluding hydrogens is 431 g/mol. The predicted octanol–water partition coefficient (Wildman–Crippen LogP) is 5.02. The van der Waals surface area contributed by atoms with Crippen molar-refractivity contribution in [1.82, 2.24) is 4.57 Å². The second-order valence-corrected chi connectivity index (χ2v) is 8.69. The molecule has 0 radical (unpaired) electrons. The number of aromatic nitrogens is 1. The van der Waals surface area contributed by atoms with Crippen LogP contribution in [0.15, 0.2) is 89.7 Å². The summed E-state index contributed by atoms with van der Waals surface area (Å²) in [7, 11) is -2.12. The fourth-order valence-corrected chi connectivity index (χ4v) is 3.91. The summed E-state index contributed by atoms with van der Waals surface area (Å²) in [6, 6.07) is 17.7. The van der Waals surface area contributed by atoms with Gasteiger partial charge in [-0.1, -0.05) is 36.9 Å². The maximum Gasteiger partial charge on any atom is 0.258 e. The average molecular weight is 450 g/mol. The molecule has 0 fully saturated rings. The highest BCUT2D eigenvalue weighted by molar-refractivity contribution is 7.95. The van der Waals surface area contributed by atoms with Crippen LogP contribution in [-0.2, 0) is 17.1 Å². The van der Waals surface area contributed by atoms with Crippen molar-refractivity contribution in [3.63, 3.8) is 0 Å². The number of ether oxygens (including phenoxy) is 1. The molecule has 0 unspecified atom stereocenters. The highest BCUT2D eigenvalue weighted by Gasteiger charge is 2.17. The molecular formula is C24H19FN2O4S. The first-order valence-electron chi connectivity index (χ1n) is 9.59. The molecule has 4 rings (SSSR count). The zero-order valence-electron chi connectivity index (χ0n) is 17.1. The van der Waals surface area contributed by atoms with Crippen molar-refractivity contribution in [2.24, 2.45) is 7.05 Å². The number of sulfonamides is 1. The molecule has 32 heavy (non-hydrogen) atoms. The van der Waals surface area contributed by atoms with Crippen molar-refractivity contribution in [1.29, 1.82) is 0 Å². The van der Waals surface area contributed by atoms with Gasteiger partial charge in [0.05, 0.1) is 0 Å². The van der Waals surface area contributed by atoms with Crippen molar-refractivity contribution in [2.75, 3.05) is 4.72 Å². The van der Waals surface area contributed by atoms with E-state index in [0.717, 1.165) is 5.41 Å². The molecule has 4 aromatic rings. The second-order valence-electron chi connectivity index (χ2n) is 7.06. The van der Waals surface area contributed by atoms with Crippen LogP contribution in [0.4, 0.5) is 10.1 Å². The van der Waals surface area contributed by atoms with Gasteiger partial charge in [0.15, 0.2) is 11.6 Å². The number of nitrogens with zero attached hydrogens (tertiary/aromatic N) is 1. The summed E-state index contributed by atoms with van der Waals surface area (Å²) >= 11 is 0. The number of nitrogens with one attached hydrogen (secondary N) is 1. The van der Waals surface area contributed by atoms with Crippen LogP contribution in [-0.4, -0.2) is 13.0 Å². The Balaban J connectivity index is 1.97. The topological polar surface area (TPSA) is 77.4 Å². The summed E-state index contributed by atoms with van der Waals surface area (Å²) in [5.74, 6) is -0.233. The lowest BCUT2D eigenvalue weighted by molar-refractivity contribution is 0.444. The quantitative estimate of drug-likeness (QED) is 0.447. The standard InChI is InChI=1S/C24H19FN2O4S/c1-3-32(29,30)26-16-12-13-22(31-23-11-7-6-10-21(23)25)19(14-16)20-15-27(2)24(28)18-9-5-4-8-17(18)20/h3-15,26H,1H2,2H3. The first-order chi connectivity index (χ1) is 15.3. The van der Waals surface area contributed by atoms with Gasteiger partial charge < -0.3 is 9.30 Å². The van der Waals surface area contributed by atoms with Gasteiger partial charge in [-0.25, -0.2) is 12.8 Å². The Morgan fingerprint density at radius 3 is 2.38 bits per heavy atom. The minimum atomic E-state index is -3.75. The molecule has 0 bridgehead atoms. The van der Waals surface area contributed by atoms with E-state index in [1.54, 1.807) is 61.8 Å². The lowest BCUT2D eigenvalue weighted by atomic mass is 9.99. The van der Waals surface area contributed by atoms with Gasteiger partial charge in [0.1, 0.15) is 5.75 Å². The van der Waals surface area contributed by atoms with Crippen LogP contribution in [0.3, 0.4) is 0 Å². The predicted molar refractivity (Wildman–Crippen MR) is 124 cm³/mol. The maximum absolute atomic E-state index is 14.3. The van der Waals surface area contributed by atoms with Crippen LogP contribution >= 0.6 is 0 Å². The van der Waals surface area contributed by atoms with Crippen molar-refractivity contribution < 1.29 is 17.5 Å². The van der Waals surface area contributed by atoms with Gasteiger partial charge in [-0.15, -0.1) is 0 Å². The fraction of sp³-hybridized carbons (Fsp3) is 0.0417. The Labute approximate surface area is 184 Å². The molecule has 0 saturated carbocycles. The lowest BCUT2D eigenvalue weighted by Gasteiger charge is -2.16. The molecule has 3 aromatic carbocycles. The van der Waals surface area contributed by atoms with Gasteiger partial charge in [-0.2, -0.15) is 0 Å². The summed E-state index contributed by atoms with van der Waals surface area (Å²) in [4.78, 5) is 12.6. The highest BCUT2D eigenvalue weighted by Crippen LogP contribution is 2.39. The zero-order chi connectivity index (χ0) is 22.9. The van der Waals surface area contributed by atoms with E-state index in [-0.39, 0.29) is 17.0 Å². The zero-order valence-corrected chi connectivity index (χ0v) is 17.9. The normalized spacial score (nSPS) is 11.3. The van der Waals surface area contributed by atoms with Gasteiger partial charge in [0.25, 0.3) is 15.6 Å². The molecule has 8 heteroatoms. The van der Waals surface area contributed by atoms with Crippen LogP contribution < -0.4 is 15.0 Å². The largest absolute Gasteiger partial charge is 0.454 e. The third kappa shape index (κ3) is 4.13. The highest BCUT2D eigenvalue weighted by atomic mass is 32.2. The number of hydrogen-bond acceptors (Lipinski definition) is 4. The Morgan fingerprint density at radius 2 is 1.66 bits per heavy atom. The van der Waals surface area contributed by atoms with Crippen LogP contribution in [0.25, 0.3) is 21.9 Å². The van der Waals surface area contributed by atoms with E-state index in [1.165, 1.54) is 22.8 Å². The summed E-state index contributed by atoms with van der Waals surface area (Å²) < 4.78 is 48.0. The average Bonchev–Trinajstić information content (AvgIpc) is 2.78. The third-order valence-electron chi connectivity index (χ3n) is 4.90. The number of rotatable bonds is 6. The monoisotopic (exact) mass is 450 g/mol. The maximum atomic E-state index is 14.3. The summed E-state index contributed by atoms with van der Waals surface area (Å²) in [5.41, 5.74) is 1.18. The Kier molecular flexibility index (Phi) is 5.54. The van der Waals surface area contributed by atoms with Crippen LogP contribution in [0, 0.1) is 5.82 Å². The number of anilines is 1. The first-order valence-corrected chi connectivity index (χ1v) is 11.1. The van der Waals surface area contributed by atoms with Crippen molar-refractivity contribution in [3.05, 3.63) is 101 Å². The third-order valence-corrected chi connectivity index (χ3v) is 5.86. The van der Waals surface area contributed by atoms with Gasteiger partial charge >= 0.3 is 0 Å². The fourth-order valence-electron chi connectivity index (χ4n) is 3.38. The Hall–Kier alpha value is -3.91.